The van der Waals surface area contributed by atoms with Gasteiger partial charge in [-0.1, -0.05) is 30.3 Å². The largest absolute Gasteiger partial charge is 0.496 e. The fourth-order valence-electron chi connectivity index (χ4n) is 2.19. The molecular formula is C17H20BrNO2. The second-order valence-electron chi connectivity index (χ2n) is 5.01. The van der Waals surface area contributed by atoms with Gasteiger partial charge in [0.05, 0.1) is 11.6 Å². The zero-order valence-electron chi connectivity index (χ0n) is 12.3. The summed E-state index contributed by atoms with van der Waals surface area (Å²) in [6, 6.07) is 14.0. The van der Waals surface area contributed by atoms with Crippen molar-refractivity contribution in [2.45, 2.75) is 26.0 Å². The van der Waals surface area contributed by atoms with Gasteiger partial charge in [-0.05, 0) is 47.0 Å². The summed E-state index contributed by atoms with van der Waals surface area (Å²) >= 11 is 3.55. The lowest BCUT2D eigenvalue weighted by atomic mass is 10.1. The molecule has 4 heteroatoms. The van der Waals surface area contributed by atoms with Gasteiger partial charge in [0.15, 0.2) is 0 Å². The lowest BCUT2D eigenvalue weighted by Crippen LogP contribution is -2.18. The molecule has 0 aliphatic rings. The highest BCUT2D eigenvalue weighted by atomic mass is 79.9. The second-order valence-corrected chi connectivity index (χ2v) is 5.86. The number of halogens is 1. The van der Waals surface area contributed by atoms with E-state index in [9.17, 15) is 0 Å². The van der Waals surface area contributed by atoms with Crippen LogP contribution in [0.2, 0.25) is 0 Å². The molecule has 0 heterocycles. The van der Waals surface area contributed by atoms with Gasteiger partial charge in [-0.3, -0.25) is 0 Å². The molecule has 2 aromatic carbocycles. The summed E-state index contributed by atoms with van der Waals surface area (Å²) in [6.45, 7) is 2.45. The van der Waals surface area contributed by atoms with E-state index in [1.165, 1.54) is 0 Å². The summed E-state index contributed by atoms with van der Waals surface area (Å²) in [4.78, 5) is 0. The molecule has 0 aliphatic heterocycles. The summed E-state index contributed by atoms with van der Waals surface area (Å²) < 4.78 is 12.3. The molecule has 2 aromatic rings. The zero-order chi connectivity index (χ0) is 15.2. The van der Waals surface area contributed by atoms with Crippen LogP contribution in [-0.4, -0.2) is 13.2 Å². The highest BCUT2D eigenvalue weighted by Crippen LogP contribution is 2.31. The number of rotatable bonds is 6. The molecule has 0 saturated carbocycles. The molecule has 0 aliphatic carbocycles. The summed E-state index contributed by atoms with van der Waals surface area (Å²) in [5.74, 6) is 1.68. The number of methoxy groups -OCH3 is 1. The Morgan fingerprint density at radius 2 is 1.81 bits per heavy atom. The average molecular weight is 350 g/mol. The minimum Gasteiger partial charge on any atom is -0.496 e. The smallest absolute Gasteiger partial charge is 0.137 e. The van der Waals surface area contributed by atoms with Gasteiger partial charge in [0.25, 0.3) is 0 Å². The number of hydrogen-bond acceptors (Lipinski definition) is 3. The van der Waals surface area contributed by atoms with E-state index in [0.29, 0.717) is 6.61 Å². The van der Waals surface area contributed by atoms with Crippen molar-refractivity contribution >= 4 is 15.9 Å². The standard InChI is InChI=1S/C17H20BrNO2/c1-12(19)10-13-7-5-8-15(18)17(13)21-11-14-6-3-4-9-16(14)20-2/h3-9,12H,10-11,19H2,1-2H3. The van der Waals surface area contributed by atoms with Crippen LogP contribution in [0.5, 0.6) is 11.5 Å². The Bertz CT molecular complexity index is 599. The molecule has 0 saturated heterocycles. The third kappa shape index (κ3) is 4.22. The predicted octanol–water partition coefficient (Wildman–Crippen LogP) is 3.93. The van der Waals surface area contributed by atoms with E-state index >= 15 is 0 Å². The van der Waals surface area contributed by atoms with Crippen LogP contribution in [0.25, 0.3) is 0 Å². The fourth-order valence-corrected chi connectivity index (χ4v) is 2.72. The SMILES string of the molecule is COc1ccccc1COc1c(Br)cccc1CC(C)N. The van der Waals surface area contributed by atoms with E-state index in [-0.39, 0.29) is 6.04 Å². The Kier molecular flexibility index (Phi) is 5.65. The van der Waals surface area contributed by atoms with E-state index in [2.05, 4.69) is 15.9 Å². The first-order valence-electron chi connectivity index (χ1n) is 6.89. The lowest BCUT2D eigenvalue weighted by Gasteiger charge is -2.16. The topological polar surface area (TPSA) is 44.5 Å². The van der Waals surface area contributed by atoms with Crippen molar-refractivity contribution in [3.8, 4) is 11.5 Å². The first-order chi connectivity index (χ1) is 10.1. The Morgan fingerprint density at radius 1 is 1.10 bits per heavy atom. The molecule has 1 atom stereocenters. The summed E-state index contributed by atoms with van der Waals surface area (Å²) in [5.41, 5.74) is 8.03. The number of benzene rings is 2. The van der Waals surface area contributed by atoms with E-state index in [1.54, 1.807) is 7.11 Å². The molecule has 0 bridgehead atoms. The van der Waals surface area contributed by atoms with Crippen LogP contribution in [0.4, 0.5) is 0 Å². The van der Waals surface area contributed by atoms with E-state index in [1.807, 2.05) is 49.4 Å². The maximum absolute atomic E-state index is 6.01. The zero-order valence-corrected chi connectivity index (χ0v) is 13.9. The molecule has 0 fully saturated rings. The van der Waals surface area contributed by atoms with Crippen molar-refractivity contribution in [3.63, 3.8) is 0 Å². The molecule has 0 amide bonds. The van der Waals surface area contributed by atoms with E-state index < -0.39 is 0 Å². The number of para-hydroxylation sites is 2. The number of nitrogens with two attached hydrogens (primary N) is 1. The van der Waals surface area contributed by atoms with Crippen LogP contribution in [0.3, 0.4) is 0 Å². The Balaban J connectivity index is 2.19. The molecular weight excluding hydrogens is 330 g/mol. The molecule has 21 heavy (non-hydrogen) atoms. The molecule has 2 rings (SSSR count). The molecule has 2 N–H and O–H groups in total. The van der Waals surface area contributed by atoms with Gasteiger partial charge in [0.1, 0.15) is 18.1 Å². The van der Waals surface area contributed by atoms with Gasteiger partial charge < -0.3 is 15.2 Å². The maximum Gasteiger partial charge on any atom is 0.137 e. The van der Waals surface area contributed by atoms with Crippen molar-refractivity contribution in [3.05, 3.63) is 58.1 Å². The van der Waals surface area contributed by atoms with Gasteiger partial charge >= 0.3 is 0 Å². The number of hydrogen-bond donors (Lipinski definition) is 1. The average Bonchev–Trinajstić information content (AvgIpc) is 2.46. The minimum atomic E-state index is 0.0907. The Labute approximate surface area is 134 Å². The predicted molar refractivity (Wildman–Crippen MR) is 88.8 cm³/mol. The second kappa shape index (κ2) is 7.48. The molecule has 3 nitrogen and oxygen atoms in total. The van der Waals surface area contributed by atoms with Crippen LogP contribution in [-0.2, 0) is 13.0 Å². The van der Waals surface area contributed by atoms with Crippen molar-refractivity contribution in [1.29, 1.82) is 0 Å². The van der Waals surface area contributed by atoms with Crippen molar-refractivity contribution in [2.24, 2.45) is 5.73 Å². The van der Waals surface area contributed by atoms with E-state index in [0.717, 1.165) is 33.5 Å². The van der Waals surface area contributed by atoms with E-state index in [4.69, 9.17) is 15.2 Å². The van der Waals surface area contributed by atoms with Gasteiger partial charge in [0, 0.05) is 11.6 Å². The molecule has 0 aromatic heterocycles. The highest BCUT2D eigenvalue weighted by molar-refractivity contribution is 9.10. The van der Waals surface area contributed by atoms with Crippen LogP contribution in [0.15, 0.2) is 46.9 Å². The monoisotopic (exact) mass is 349 g/mol. The van der Waals surface area contributed by atoms with Crippen LogP contribution in [0.1, 0.15) is 18.1 Å². The van der Waals surface area contributed by atoms with Gasteiger partial charge in [-0.15, -0.1) is 0 Å². The molecule has 0 radical (unpaired) electrons. The lowest BCUT2D eigenvalue weighted by molar-refractivity contribution is 0.291. The third-order valence-corrected chi connectivity index (χ3v) is 3.78. The Morgan fingerprint density at radius 3 is 2.52 bits per heavy atom. The maximum atomic E-state index is 6.01. The Hall–Kier alpha value is -1.52. The molecule has 112 valence electrons. The van der Waals surface area contributed by atoms with Crippen LogP contribution in [0, 0.1) is 0 Å². The first kappa shape index (κ1) is 15.9. The minimum absolute atomic E-state index is 0.0907. The van der Waals surface area contributed by atoms with Gasteiger partial charge in [-0.25, -0.2) is 0 Å². The van der Waals surface area contributed by atoms with Crippen molar-refractivity contribution in [2.75, 3.05) is 7.11 Å². The number of ether oxygens (including phenoxy) is 2. The summed E-state index contributed by atoms with van der Waals surface area (Å²) in [5, 5.41) is 0. The van der Waals surface area contributed by atoms with Crippen LogP contribution < -0.4 is 15.2 Å². The molecule has 0 spiro atoms. The first-order valence-corrected chi connectivity index (χ1v) is 7.68. The normalized spacial score (nSPS) is 12.0. The van der Waals surface area contributed by atoms with Crippen LogP contribution >= 0.6 is 15.9 Å². The van der Waals surface area contributed by atoms with Crippen molar-refractivity contribution in [1.82, 2.24) is 0 Å². The summed E-state index contributed by atoms with van der Waals surface area (Å²) in [7, 11) is 1.67. The summed E-state index contributed by atoms with van der Waals surface area (Å²) in [6.07, 6.45) is 0.778. The fraction of sp³-hybridized carbons (Fsp3) is 0.294. The van der Waals surface area contributed by atoms with Gasteiger partial charge in [0.2, 0.25) is 0 Å². The van der Waals surface area contributed by atoms with Gasteiger partial charge in [-0.2, -0.15) is 0 Å². The highest BCUT2D eigenvalue weighted by Gasteiger charge is 2.11. The quantitative estimate of drug-likeness (QED) is 0.859. The third-order valence-electron chi connectivity index (χ3n) is 3.15. The van der Waals surface area contributed by atoms with Crippen molar-refractivity contribution < 1.29 is 9.47 Å². The molecule has 1 unspecified atom stereocenters.